The molecule has 0 aromatic rings. The first kappa shape index (κ1) is 88.5. The zero-order valence-electron chi connectivity index (χ0n) is 58.0. The van der Waals surface area contributed by atoms with Crippen LogP contribution < -0.4 is 0 Å². The van der Waals surface area contributed by atoms with E-state index in [2.05, 4.69) is 88.5 Å². The SMILES string of the molecule is CC/C=C\C/C=C\C/C=C\C/C=C\C/C=C\CCCC(=O)OCC(COP(=O)(O)OCC(O)COP(=O)(O)OCC(COC(=O)CCCCCCC/C=C\CCCC)OC(=O)CCCCCCCCCCCCC)OC(=O)CCCCCCCCCCCCCCC. The molecule has 92 heavy (non-hydrogen) atoms. The third-order valence-corrected chi connectivity index (χ3v) is 17.1. The molecule has 0 aliphatic rings. The summed E-state index contributed by atoms with van der Waals surface area (Å²) in [4.78, 5) is 72.5. The number of ether oxygens (including phenoxy) is 4. The number of unbranched alkanes of at least 4 members (excludes halogenated alkanes) is 30. The lowest BCUT2D eigenvalue weighted by molar-refractivity contribution is -0.161. The lowest BCUT2D eigenvalue weighted by atomic mass is 10.0. The summed E-state index contributed by atoms with van der Waals surface area (Å²) >= 11 is 0. The molecule has 3 N–H and O–H groups in total. The quantitative estimate of drug-likeness (QED) is 0.0169. The number of carbonyl (C=O) groups excluding carboxylic acids is 4. The fraction of sp³-hybridized carbons (Fsp3) is 0.781. The summed E-state index contributed by atoms with van der Waals surface area (Å²) in [5.74, 6) is -2.23. The molecule has 0 radical (unpaired) electrons. The molecule has 0 saturated heterocycles. The lowest BCUT2D eigenvalue weighted by Crippen LogP contribution is -2.30. The number of aliphatic hydroxyl groups excluding tert-OH is 1. The maximum Gasteiger partial charge on any atom is 0.472 e. The predicted molar refractivity (Wildman–Crippen MR) is 372 cm³/mol. The summed E-state index contributed by atoms with van der Waals surface area (Å²) in [7, 11) is -9.94. The van der Waals surface area contributed by atoms with Crippen LogP contribution in [0.15, 0.2) is 72.9 Å². The molecular weight excluding hydrogens is 1210 g/mol. The van der Waals surface area contributed by atoms with Gasteiger partial charge in [-0.1, -0.05) is 274 Å². The van der Waals surface area contributed by atoms with Crippen LogP contribution >= 0.6 is 15.6 Å². The summed E-state index contributed by atoms with van der Waals surface area (Å²) in [6, 6.07) is 0. The van der Waals surface area contributed by atoms with E-state index >= 15 is 0 Å². The first-order valence-electron chi connectivity index (χ1n) is 36.2. The predicted octanol–water partition coefficient (Wildman–Crippen LogP) is 20.1. The van der Waals surface area contributed by atoms with E-state index in [-0.39, 0.29) is 25.7 Å². The van der Waals surface area contributed by atoms with Crippen LogP contribution in [0.25, 0.3) is 0 Å². The largest absolute Gasteiger partial charge is 0.472 e. The van der Waals surface area contributed by atoms with E-state index in [0.717, 1.165) is 122 Å². The summed E-state index contributed by atoms with van der Waals surface area (Å²) in [5, 5.41) is 10.6. The van der Waals surface area contributed by atoms with Crippen molar-refractivity contribution in [3.8, 4) is 0 Å². The highest BCUT2D eigenvalue weighted by atomic mass is 31.2. The second kappa shape index (κ2) is 66.1. The van der Waals surface area contributed by atoms with Gasteiger partial charge in [0.05, 0.1) is 26.4 Å². The van der Waals surface area contributed by atoms with E-state index in [9.17, 15) is 43.2 Å². The Morgan fingerprint density at radius 3 is 0.957 bits per heavy atom. The van der Waals surface area contributed by atoms with Crippen molar-refractivity contribution < 1.29 is 80.2 Å². The number of hydrogen-bond acceptors (Lipinski definition) is 15. The maximum absolute atomic E-state index is 13.0. The van der Waals surface area contributed by atoms with Crippen molar-refractivity contribution in [2.24, 2.45) is 0 Å². The Morgan fingerprint density at radius 2 is 0.587 bits per heavy atom. The van der Waals surface area contributed by atoms with Crippen LogP contribution in [0, 0.1) is 0 Å². The molecule has 17 nitrogen and oxygen atoms in total. The Morgan fingerprint density at radius 1 is 0.315 bits per heavy atom. The van der Waals surface area contributed by atoms with Crippen LogP contribution in [-0.2, 0) is 65.4 Å². The summed E-state index contributed by atoms with van der Waals surface area (Å²) in [5.41, 5.74) is 0. The summed E-state index contributed by atoms with van der Waals surface area (Å²) in [6.45, 7) is 4.66. The summed E-state index contributed by atoms with van der Waals surface area (Å²) < 4.78 is 68.2. The minimum absolute atomic E-state index is 0.0867. The molecule has 0 aliphatic heterocycles. The van der Waals surface area contributed by atoms with Crippen LogP contribution in [0.1, 0.15) is 310 Å². The van der Waals surface area contributed by atoms with Gasteiger partial charge in [-0.2, -0.15) is 0 Å². The van der Waals surface area contributed by atoms with Gasteiger partial charge in [-0.3, -0.25) is 37.3 Å². The van der Waals surface area contributed by atoms with Crippen LogP contribution in [0.2, 0.25) is 0 Å². The van der Waals surface area contributed by atoms with E-state index in [1.165, 1.54) is 103 Å². The first-order chi connectivity index (χ1) is 44.7. The highest BCUT2D eigenvalue weighted by Crippen LogP contribution is 2.45. The zero-order valence-corrected chi connectivity index (χ0v) is 59.8. The van der Waals surface area contributed by atoms with E-state index < -0.39 is 97.5 Å². The molecule has 5 unspecified atom stereocenters. The smallest absolute Gasteiger partial charge is 0.462 e. The molecule has 534 valence electrons. The molecule has 19 heteroatoms. The van der Waals surface area contributed by atoms with Crippen molar-refractivity contribution in [1.82, 2.24) is 0 Å². The molecule has 0 aliphatic carbocycles. The van der Waals surface area contributed by atoms with E-state index in [0.29, 0.717) is 32.1 Å². The fourth-order valence-corrected chi connectivity index (χ4v) is 11.2. The van der Waals surface area contributed by atoms with E-state index in [4.69, 9.17) is 37.0 Å². The third-order valence-electron chi connectivity index (χ3n) is 15.2. The topological polar surface area (TPSA) is 237 Å². The normalized spacial score (nSPS) is 14.5. The van der Waals surface area contributed by atoms with Crippen LogP contribution in [0.5, 0.6) is 0 Å². The molecule has 0 aromatic carbocycles. The molecule has 0 saturated carbocycles. The molecule has 0 aromatic heterocycles. The van der Waals surface area contributed by atoms with Gasteiger partial charge in [0.2, 0.25) is 0 Å². The minimum atomic E-state index is -4.97. The molecule has 0 bridgehead atoms. The number of carbonyl (C=O) groups is 4. The molecule has 0 heterocycles. The standard InChI is InChI=1S/C73H130O17P2/c1-5-9-13-17-21-25-29-31-32-33-34-36-39-42-46-50-54-58-71(76)84-64-69(90-73(78)60-56-52-48-44-40-35-30-26-22-18-14-10-6-2)66-88-92(81,82)86-62-67(74)61-85-91(79,80)87-65-68(89-72(77)59-55-51-47-43-38-28-24-20-16-12-8-4)63-83-70(75)57-53-49-45-41-37-27-23-19-15-11-7-3/h9,13,19,21,23,25,31-32,34,36,42,46,67-69,74H,5-8,10-12,14-18,20,22,24,26-30,33,35,37-41,43-45,47-66H2,1-4H3,(H,79,80)(H,81,82)/b13-9-,23-19-,25-21-,32-31-,36-34-,46-42-. The Bertz CT molecular complexity index is 2040. The van der Waals surface area contributed by atoms with Gasteiger partial charge in [-0.25, -0.2) is 9.13 Å². The van der Waals surface area contributed by atoms with E-state index in [1.807, 2.05) is 12.2 Å². The van der Waals surface area contributed by atoms with Crippen molar-refractivity contribution in [3.63, 3.8) is 0 Å². The molecule has 0 spiro atoms. The second-order valence-corrected chi connectivity index (χ2v) is 27.1. The van der Waals surface area contributed by atoms with Gasteiger partial charge in [-0.15, -0.1) is 0 Å². The van der Waals surface area contributed by atoms with Gasteiger partial charge in [0.1, 0.15) is 19.3 Å². The number of phosphoric ester groups is 2. The van der Waals surface area contributed by atoms with Gasteiger partial charge in [0.25, 0.3) is 0 Å². The van der Waals surface area contributed by atoms with Crippen LogP contribution in [-0.4, -0.2) is 96.7 Å². The van der Waals surface area contributed by atoms with Crippen molar-refractivity contribution >= 4 is 39.5 Å². The Hall–Kier alpha value is -3.50. The summed E-state index contributed by atoms with van der Waals surface area (Å²) in [6.07, 6.45) is 63.5. The average molecular weight is 1340 g/mol. The van der Waals surface area contributed by atoms with Gasteiger partial charge in [0, 0.05) is 25.7 Å². The molecule has 0 amide bonds. The van der Waals surface area contributed by atoms with Crippen molar-refractivity contribution in [2.75, 3.05) is 39.6 Å². The number of rotatable bonds is 68. The Kier molecular flexibility index (Phi) is 63.6. The van der Waals surface area contributed by atoms with Crippen molar-refractivity contribution in [3.05, 3.63) is 72.9 Å². The minimum Gasteiger partial charge on any atom is -0.462 e. The van der Waals surface area contributed by atoms with Crippen molar-refractivity contribution in [1.29, 1.82) is 0 Å². The fourth-order valence-electron chi connectivity index (χ4n) is 9.65. The third kappa shape index (κ3) is 65.2. The first-order valence-corrected chi connectivity index (χ1v) is 39.2. The van der Waals surface area contributed by atoms with Crippen LogP contribution in [0.4, 0.5) is 0 Å². The van der Waals surface area contributed by atoms with Gasteiger partial charge < -0.3 is 33.8 Å². The molecule has 5 atom stereocenters. The van der Waals surface area contributed by atoms with E-state index in [1.54, 1.807) is 0 Å². The maximum atomic E-state index is 13.0. The number of hydrogen-bond donors (Lipinski definition) is 3. The number of aliphatic hydroxyl groups is 1. The Labute approximate surface area is 558 Å². The Balaban J connectivity index is 5.34. The lowest BCUT2D eigenvalue weighted by Gasteiger charge is -2.21. The number of phosphoric acid groups is 2. The molecular formula is C73H130O17P2. The molecule has 0 rings (SSSR count). The monoisotopic (exact) mass is 1340 g/mol. The van der Waals surface area contributed by atoms with Gasteiger partial charge in [-0.05, 0) is 83.5 Å². The van der Waals surface area contributed by atoms with Gasteiger partial charge >= 0.3 is 39.5 Å². The number of esters is 4. The molecule has 0 fully saturated rings. The van der Waals surface area contributed by atoms with Crippen molar-refractivity contribution in [2.45, 2.75) is 329 Å². The van der Waals surface area contributed by atoms with Crippen LogP contribution in [0.3, 0.4) is 0 Å². The highest BCUT2D eigenvalue weighted by molar-refractivity contribution is 7.47. The number of allylic oxidation sites excluding steroid dienone is 12. The zero-order chi connectivity index (χ0) is 67.5. The second-order valence-electron chi connectivity index (χ2n) is 24.2. The highest BCUT2D eigenvalue weighted by Gasteiger charge is 2.30. The average Bonchev–Trinajstić information content (AvgIpc) is 2.89. The van der Waals surface area contributed by atoms with Gasteiger partial charge in [0.15, 0.2) is 12.2 Å².